The van der Waals surface area contributed by atoms with Crippen LogP contribution in [-0.4, -0.2) is 23.4 Å². The topological polar surface area (TPSA) is 85.5 Å². The minimum Gasteiger partial charge on any atom is -0.410 e. The Morgan fingerprint density at radius 3 is 2.91 bits per heavy atom. The van der Waals surface area contributed by atoms with Gasteiger partial charge in [0.05, 0.1) is 0 Å². The predicted molar refractivity (Wildman–Crippen MR) is 38.0 cm³/mol. The SMILES string of the molecule is C=CCNC(=O)/C(C#N)=N\O. The van der Waals surface area contributed by atoms with Gasteiger partial charge in [0.2, 0.25) is 5.71 Å². The number of oxime groups is 1. The third-order valence-electron chi connectivity index (χ3n) is 0.828. The van der Waals surface area contributed by atoms with Gasteiger partial charge in [-0.15, -0.1) is 6.58 Å². The quantitative estimate of drug-likeness (QED) is 0.251. The summed E-state index contributed by atoms with van der Waals surface area (Å²) in [5.74, 6) is -0.713. The molecule has 0 aromatic carbocycles. The van der Waals surface area contributed by atoms with Gasteiger partial charge < -0.3 is 10.5 Å². The van der Waals surface area contributed by atoms with Crippen molar-refractivity contribution in [2.24, 2.45) is 5.16 Å². The molecule has 0 aromatic heterocycles. The molecular weight excluding hydrogens is 146 g/mol. The van der Waals surface area contributed by atoms with Crippen molar-refractivity contribution in [2.75, 3.05) is 6.54 Å². The highest BCUT2D eigenvalue weighted by Gasteiger charge is 2.08. The Morgan fingerprint density at radius 2 is 2.55 bits per heavy atom. The van der Waals surface area contributed by atoms with Gasteiger partial charge in [-0.2, -0.15) is 5.26 Å². The Labute approximate surface area is 63.6 Å². The molecule has 0 heterocycles. The minimum atomic E-state index is -0.713. The number of rotatable bonds is 3. The van der Waals surface area contributed by atoms with Gasteiger partial charge in [0.25, 0.3) is 5.91 Å². The molecule has 0 aliphatic rings. The molecule has 0 atom stereocenters. The Balaban J connectivity index is 4.04. The van der Waals surface area contributed by atoms with E-state index in [0.717, 1.165) is 0 Å². The molecule has 0 saturated carbocycles. The molecule has 0 aliphatic carbocycles. The van der Waals surface area contributed by atoms with Gasteiger partial charge in [-0.05, 0) is 0 Å². The summed E-state index contributed by atoms with van der Waals surface area (Å²) in [7, 11) is 0. The largest absolute Gasteiger partial charge is 0.410 e. The van der Waals surface area contributed by atoms with Crippen LogP contribution in [0.1, 0.15) is 0 Å². The molecule has 0 saturated heterocycles. The van der Waals surface area contributed by atoms with Crippen molar-refractivity contribution in [2.45, 2.75) is 0 Å². The Morgan fingerprint density at radius 1 is 1.91 bits per heavy atom. The maximum Gasteiger partial charge on any atom is 0.284 e. The molecule has 0 aliphatic heterocycles. The van der Waals surface area contributed by atoms with Crippen molar-refractivity contribution in [1.82, 2.24) is 5.32 Å². The van der Waals surface area contributed by atoms with Crippen LogP contribution in [0.25, 0.3) is 0 Å². The fraction of sp³-hybridized carbons (Fsp3) is 0.167. The van der Waals surface area contributed by atoms with Crippen molar-refractivity contribution in [3.8, 4) is 6.07 Å². The minimum absolute atomic E-state index is 0.236. The zero-order valence-corrected chi connectivity index (χ0v) is 5.74. The van der Waals surface area contributed by atoms with Crippen LogP contribution in [0, 0.1) is 11.3 Å². The van der Waals surface area contributed by atoms with E-state index in [1.807, 2.05) is 0 Å². The van der Waals surface area contributed by atoms with Gasteiger partial charge in [0.1, 0.15) is 6.07 Å². The normalized spacial score (nSPS) is 9.91. The van der Waals surface area contributed by atoms with Crippen molar-refractivity contribution in [3.05, 3.63) is 12.7 Å². The molecule has 0 rings (SSSR count). The molecule has 0 spiro atoms. The molecule has 5 heteroatoms. The average molecular weight is 153 g/mol. The van der Waals surface area contributed by atoms with Gasteiger partial charge in [0, 0.05) is 6.54 Å². The molecule has 0 radical (unpaired) electrons. The second-order valence-electron chi connectivity index (χ2n) is 1.56. The van der Waals surface area contributed by atoms with Crippen molar-refractivity contribution in [1.29, 1.82) is 5.26 Å². The maximum absolute atomic E-state index is 10.7. The Kier molecular flexibility index (Phi) is 4.16. The van der Waals surface area contributed by atoms with E-state index >= 15 is 0 Å². The zero-order chi connectivity index (χ0) is 8.69. The highest BCUT2D eigenvalue weighted by Crippen LogP contribution is 1.74. The molecule has 58 valence electrons. The summed E-state index contributed by atoms with van der Waals surface area (Å²) in [6.07, 6.45) is 1.45. The van der Waals surface area contributed by atoms with Crippen LogP contribution in [0.4, 0.5) is 0 Å². The molecule has 0 bridgehead atoms. The summed E-state index contributed by atoms with van der Waals surface area (Å²) in [5.41, 5.74) is -0.563. The molecule has 5 nitrogen and oxygen atoms in total. The molecule has 2 N–H and O–H groups in total. The van der Waals surface area contributed by atoms with Crippen LogP contribution in [0.5, 0.6) is 0 Å². The molecule has 0 unspecified atom stereocenters. The van der Waals surface area contributed by atoms with Crippen LogP contribution >= 0.6 is 0 Å². The van der Waals surface area contributed by atoms with Crippen LogP contribution in [-0.2, 0) is 4.79 Å². The summed E-state index contributed by atoms with van der Waals surface area (Å²) in [4.78, 5) is 10.7. The third kappa shape index (κ3) is 3.01. The molecule has 0 aromatic rings. The van der Waals surface area contributed by atoms with Gasteiger partial charge in [-0.3, -0.25) is 4.79 Å². The first kappa shape index (κ1) is 9.17. The summed E-state index contributed by atoms with van der Waals surface area (Å²) >= 11 is 0. The number of hydrogen-bond acceptors (Lipinski definition) is 4. The van der Waals surface area contributed by atoms with E-state index in [0.29, 0.717) is 0 Å². The number of nitrogens with one attached hydrogen (secondary N) is 1. The number of hydrogen-bond donors (Lipinski definition) is 2. The number of nitriles is 1. The molecule has 0 fully saturated rings. The van der Waals surface area contributed by atoms with E-state index in [-0.39, 0.29) is 6.54 Å². The second-order valence-corrected chi connectivity index (χ2v) is 1.56. The first-order valence-electron chi connectivity index (χ1n) is 2.77. The summed E-state index contributed by atoms with van der Waals surface area (Å²) in [6, 6.07) is 1.41. The van der Waals surface area contributed by atoms with Crippen molar-refractivity contribution in [3.63, 3.8) is 0 Å². The lowest BCUT2D eigenvalue weighted by molar-refractivity contribution is -0.114. The second kappa shape index (κ2) is 4.99. The van der Waals surface area contributed by atoms with Crippen molar-refractivity contribution < 1.29 is 10.0 Å². The summed E-state index contributed by atoms with van der Waals surface area (Å²) in [5, 5.41) is 21.0. The van der Waals surface area contributed by atoms with E-state index in [9.17, 15) is 4.79 Å². The van der Waals surface area contributed by atoms with E-state index in [1.54, 1.807) is 0 Å². The average Bonchev–Trinajstić information content (AvgIpc) is 2.03. The first-order chi connectivity index (χ1) is 5.26. The number of carbonyl (C=O) groups excluding carboxylic acids is 1. The third-order valence-corrected chi connectivity index (χ3v) is 0.828. The lowest BCUT2D eigenvalue weighted by atomic mass is 10.4. The number of carbonyl (C=O) groups is 1. The van der Waals surface area contributed by atoms with E-state index < -0.39 is 11.6 Å². The van der Waals surface area contributed by atoms with E-state index in [2.05, 4.69) is 17.1 Å². The molecular formula is C6H7N3O2. The van der Waals surface area contributed by atoms with Crippen LogP contribution in [0.2, 0.25) is 0 Å². The first-order valence-corrected chi connectivity index (χ1v) is 2.77. The molecule has 11 heavy (non-hydrogen) atoms. The smallest absolute Gasteiger partial charge is 0.284 e. The standard InChI is InChI=1S/C6H7N3O2/c1-2-3-8-6(10)5(4-7)9-11/h2,11H,1,3H2,(H,8,10)/b9-5-. The van der Waals surface area contributed by atoms with Crippen LogP contribution in [0.3, 0.4) is 0 Å². The van der Waals surface area contributed by atoms with Gasteiger partial charge in [-0.25, -0.2) is 0 Å². The zero-order valence-electron chi connectivity index (χ0n) is 5.74. The van der Waals surface area contributed by atoms with Crippen LogP contribution < -0.4 is 5.32 Å². The maximum atomic E-state index is 10.7. The fourth-order valence-corrected chi connectivity index (χ4v) is 0.367. The number of nitrogens with zero attached hydrogens (tertiary/aromatic N) is 2. The van der Waals surface area contributed by atoms with E-state index in [4.69, 9.17) is 10.5 Å². The number of amides is 1. The van der Waals surface area contributed by atoms with Crippen LogP contribution in [0.15, 0.2) is 17.8 Å². The Bertz CT molecular complexity index is 226. The molecule has 1 amide bonds. The highest BCUT2D eigenvalue weighted by molar-refractivity contribution is 6.44. The monoisotopic (exact) mass is 153 g/mol. The lowest BCUT2D eigenvalue weighted by Gasteiger charge is -1.95. The van der Waals surface area contributed by atoms with E-state index in [1.165, 1.54) is 12.1 Å². The lowest BCUT2D eigenvalue weighted by Crippen LogP contribution is -2.30. The van der Waals surface area contributed by atoms with Crippen molar-refractivity contribution >= 4 is 11.6 Å². The predicted octanol–water partition coefficient (Wildman–Crippen LogP) is -0.358. The van der Waals surface area contributed by atoms with Gasteiger partial charge in [0.15, 0.2) is 0 Å². The Hall–Kier alpha value is -1.83. The highest BCUT2D eigenvalue weighted by atomic mass is 16.4. The summed E-state index contributed by atoms with van der Waals surface area (Å²) < 4.78 is 0. The fourth-order valence-electron chi connectivity index (χ4n) is 0.367. The van der Waals surface area contributed by atoms with Gasteiger partial charge >= 0.3 is 0 Å². The summed E-state index contributed by atoms with van der Waals surface area (Å²) in [6.45, 7) is 3.58. The van der Waals surface area contributed by atoms with Gasteiger partial charge in [-0.1, -0.05) is 11.2 Å².